The number of rotatable bonds is 4. The van der Waals surface area contributed by atoms with Crippen LogP contribution in [0, 0.1) is 5.92 Å². The van der Waals surface area contributed by atoms with Crippen molar-refractivity contribution in [3.63, 3.8) is 0 Å². The quantitative estimate of drug-likeness (QED) is 0.751. The maximum Gasteiger partial charge on any atom is 0.414 e. The van der Waals surface area contributed by atoms with Gasteiger partial charge in [0.05, 0.1) is 12.7 Å². The fourth-order valence-corrected chi connectivity index (χ4v) is 0.530. The first-order valence-electron chi connectivity index (χ1n) is 4.11. The van der Waals surface area contributed by atoms with Gasteiger partial charge in [-0.15, -0.1) is 0 Å². The third kappa shape index (κ3) is 5.10. The van der Waals surface area contributed by atoms with Gasteiger partial charge in [-0.25, -0.2) is 0 Å². The van der Waals surface area contributed by atoms with Crippen LogP contribution in [0.1, 0.15) is 20.8 Å². The third-order valence-corrected chi connectivity index (χ3v) is 1.75. The number of halogens is 3. The van der Waals surface area contributed by atoms with Gasteiger partial charge >= 0.3 is 6.18 Å². The Balaban J connectivity index is 3.77. The number of aliphatic hydroxyl groups is 1. The molecule has 0 saturated carbocycles. The molecule has 0 aliphatic rings. The van der Waals surface area contributed by atoms with Crippen LogP contribution < -0.4 is 0 Å². The summed E-state index contributed by atoms with van der Waals surface area (Å²) in [6.07, 6.45) is -7.01. The minimum atomic E-state index is -4.35. The molecular formula is C8H15F3O2. The molecule has 0 aliphatic heterocycles. The van der Waals surface area contributed by atoms with E-state index in [4.69, 9.17) is 5.11 Å². The molecule has 0 spiro atoms. The maximum atomic E-state index is 11.9. The van der Waals surface area contributed by atoms with E-state index in [1.165, 1.54) is 0 Å². The average molecular weight is 200 g/mol. The maximum absolute atomic E-state index is 11.9. The molecule has 13 heavy (non-hydrogen) atoms. The van der Waals surface area contributed by atoms with E-state index in [0.717, 1.165) is 6.92 Å². The van der Waals surface area contributed by atoms with E-state index in [1.54, 1.807) is 13.8 Å². The van der Waals surface area contributed by atoms with Crippen LogP contribution in [0.4, 0.5) is 13.2 Å². The van der Waals surface area contributed by atoms with Gasteiger partial charge in [0.1, 0.15) is 0 Å². The molecule has 0 aromatic carbocycles. The van der Waals surface area contributed by atoms with Gasteiger partial charge in [0.15, 0.2) is 6.10 Å². The van der Waals surface area contributed by atoms with Crippen LogP contribution in [-0.2, 0) is 4.74 Å². The van der Waals surface area contributed by atoms with Gasteiger partial charge in [0.25, 0.3) is 0 Å². The summed E-state index contributed by atoms with van der Waals surface area (Å²) in [4.78, 5) is 0. The summed E-state index contributed by atoms with van der Waals surface area (Å²) < 4.78 is 40.1. The standard InChI is InChI=1S/C8H15F3O2/c1-5(2)7(12)4-13-6(3)8(9,10)11/h5-7,12H,4H2,1-3H3. The third-order valence-electron chi connectivity index (χ3n) is 1.75. The van der Waals surface area contributed by atoms with Gasteiger partial charge in [-0.05, 0) is 12.8 Å². The zero-order chi connectivity index (χ0) is 10.6. The Kier molecular flexibility index (Phi) is 4.70. The molecule has 0 rings (SSSR count). The molecule has 0 heterocycles. The first kappa shape index (κ1) is 12.7. The number of alkyl halides is 3. The van der Waals surface area contributed by atoms with Gasteiger partial charge in [-0.1, -0.05) is 13.8 Å². The fraction of sp³-hybridized carbons (Fsp3) is 1.00. The van der Waals surface area contributed by atoms with Crippen molar-refractivity contribution >= 4 is 0 Å². The molecule has 2 atom stereocenters. The van der Waals surface area contributed by atoms with Gasteiger partial charge < -0.3 is 9.84 Å². The van der Waals surface area contributed by atoms with Crippen molar-refractivity contribution in [2.75, 3.05) is 6.61 Å². The lowest BCUT2D eigenvalue weighted by Gasteiger charge is -2.20. The van der Waals surface area contributed by atoms with E-state index in [1.807, 2.05) is 0 Å². The lowest BCUT2D eigenvalue weighted by Crippen LogP contribution is -2.33. The fourth-order valence-electron chi connectivity index (χ4n) is 0.530. The van der Waals surface area contributed by atoms with E-state index in [9.17, 15) is 13.2 Å². The van der Waals surface area contributed by atoms with Crippen molar-refractivity contribution in [2.45, 2.75) is 39.2 Å². The lowest BCUT2D eigenvalue weighted by atomic mass is 10.1. The smallest absolute Gasteiger partial charge is 0.390 e. The summed E-state index contributed by atoms with van der Waals surface area (Å²) in [5, 5.41) is 9.15. The molecule has 5 heteroatoms. The lowest BCUT2D eigenvalue weighted by molar-refractivity contribution is -0.220. The summed E-state index contributed by atoms with van der Waals surface area (Å²) in [6.45, 7) is 4.07. The Morgan fingerprint density at radius 1 is 1.23 bits per heavy atom. The monoisotopic (exact) mass is 200 g/mol. The number of hydrogen-bond acceptors (Lipinski definition) is 2. The molecular weight excluding hydrogens is 185 g/mol. The topological polar surface area (TPSA) is 29.5 Å². The average Bonchev–Trinajstić information content (AvgIpc) is 1.97. The van der Waals surface area contributed by atoms with E-state index < -0.39 is 18.4 Å². The molecule has 0 fully saturated rings. The van der Waals surface area contributed by atoms with Crippen molar-refractivity contribution < 1.29 is 23.0 Å². The Morgan fingerprint density at radius 3 is 2.00 bits per heavy atom. The molecule has 1 N–H and O–H groups in total. The molecule has 80 valence electrons. The molecule has 0 bridgehead atoms. The van der Waals surface area contributed by atoms with Crippen molar-refractivity contribution in [2.24, 2.45) is 5.92 Å². The second-order valence-electron chi connectivity index (χ2n) is 3.33. The zero-order valence-corrected chi connectivity index (χ0v) is 7.93. The van der Waals surface area contributed by atoms with Crippen LogP contribution in [0.25, 0.3) is 0 Å². The van der Waals surface area contributed by atoms with Crippen LogP contribution in [0.15, 0.2) is 0 Å². The highest BCUT2D eigenvalue weighted by molar-refractivity contribution is 4.64. The number of aliphatic hydroxyl groups excluding tert-OH is 1. The summed E-state index contributed by atoms with van der Waals surface area (Å²) >= 11 is 0. The predicted octanol–water partition coefficient (Wildman–Crippen LogP) is 1.97. The van der Waals surface area contributed by atoms with Crippen molar-refractivity contribution in [3.8, 4) is 0 Å². The summed E-state index contributed by atoms with van der Waals surface area (Å²) in [5.74, 6) is -0.0968. The molecule has 0 aromatic heterocycles. The molecule has 0 aromatic rings. The Hall–Kier alpha value is -0.290. The Morgan fingerprint density at radius 2 is 1.69 bits per heavy atom. The minimum Gasteiger partial charge on any atom is -0.390 e. The second kappa shape index (κ2) is 4.81. The highest BCUT2D eigenvalue weighted by atomic mass is 19.4. The Bertz CT molecular complexity index is 145. The van der Waals surface area contributed by atoms with Gasteiger partial charge in [-0.2, -0.15) is 13.2 Å². The summed E-state index contributed by atoms with van der Waals surface area (Å²) in [6, 6.07) is 0. The summed E-state index contributed by atoms with van der Waals surface area (Å²) in [5.41, 5.74) is 0. The minimum absolute atomic E-state index is 0.0968. The van der Waals surface area contributed by atoms with E-state index in [-0.39, 0.29) is 12.5 Å². The van der Waals surface area contributed by atoms with E-state index in [2.05, 4.69) is 4.74 Å². The SMILES string of the molecule is CC(C)C(O)COC(C)C(F)(F)F. The summed E-state index contributed by atoms with van der Waals surface area (Å²) in [7, 11) is 0. The van der Waals surface area contributed by atoms with Gasteiger partial charge in [-0.3, -0.25) is 0 Å². The van der Waals surface area contributed by atoms with Crippen molar-refractivity contribution in [1.29, 1.82) is 0 Å². The molecule has 2 nitrogen and oxygen atoms in total. The number of hydrogen-bond donors (Lipinski definition) is 1. The van der Waals surface area contributed by atoms with Crippen LogP contribution in [0.5, 0.6) is 0 Å². The van der Waals surface area contributed by atoms with Crippen LogP contribution in [-0.4, -0.2) is 30.1 Å². The van der Waals surface area contributed by atoms with Crippen LogP contribution in [0.3, 0.4) is 0 Å². The first-order valence-corrected chi connectivity index (χ1v) is 4.11. The van der Waals surface area contributed by atoms with Crippen LogP contribution in [0.2, 0.25) is 0 Å². The normalized spacial score (nSPS) is 17.5. The highest BCUT2D eigenvalue weighted by Gasteiger charge is 2.37. The van der Waals surface area contributed by atoms with Crippen molar-refractivity contribution in [1.82, 2.24) is 0 Å². The Labute approximate surface area is 75.7 Å². The molecule has 0 amide bonds. The molecule has 0 aliphatic carbocycles. The number of ether oxygens (including phenoxy) is 1. The molecule has 0 radical (unpaired) electrons. The largest absolute Gasteiger partial charge is 0.414 e. The highest BCUT2D eigenvalue weighted by Crippen LogP contribution is 2.22. The molecule has 2 unspecified atom stereocenters. The second-order valence-corrected chi connectivity index (χ2v) is 3.33. The zero-order valence-electron chi connectivity index (χ0n) is 7.93. The van der Waals surface area contributed by atoms with Gasteiger partial charge in [0.2, 0.25) is 0 Å². The van der Waals surface area contributed by atoms with Gasteiger partial charge in [0, 0.05) is 0 Å². The van der Waals surface area contributed by atoms with E-state index >= 15 is 0 Å². The van der Waals surface area contributed by atoms with Crippen molar-refractivity contribution in [3.05, 3.63) is 0 Å². The van der Waals surface area contributed by atoms with E-state index in [0.29, 0.717) is 0 Å². The molecule has 0 saturated heterocycles. The first-order chi connectivity index (χ1) is 5.75. The van der Waals surface area contributed by atoms with Crippen LogP contribution >= 0.6 is 0 Å². The predicted molar refractivity (Wildman–Crippen MR) is 42.3 cm³/mol.